The van der Waals surface area contributed by atoms with Crippen LogP contribution in [-0.4, -0.2) is 48.6 Å². The van der Waals surface area contributed by atoms with Gasteiger partial charge >= 0.3 is 0 Å². The van der Waals surface area contributed by atoms with Crippen LogP contribution in [0.4, 0.5) is 10.1 Å². The number of anilines is 1. The molecule has 0 saturated carbocycles. The van der Waals surface area contributed by atoms with E-state index in [2.05, 4.69) is 0 Å². The van der Waals surface area contributed by atoms with Crippen molar-refractivity contribution in [3.8, 4) is 0 Å². The van der Waals surface area contributed by atoms with Gasteiger partial charge in [0.1, 0.15) is 12.4 Å². The van der Waals surface area contributed by atoms with E-state index in [1.54, 1.807) is 17.0 Å². The first kappa shape index (κ1) is 17.7. The molecule has 0 radical (unpaired) electrons. The second-order valence-corrected chi connectivity index (χ2v) is 7.09. The fourth-order valence-electron chi connectivity index (χ4n) is 3.78. The van der Waals surface area contributed by atoms with Crippen molar-refractivity contribution in [2.75, 3.05) is 31.1 Å². The summed E-state index contributed by atoms with van der Waals surface area (Å²) in [5.41, 5.74) is 0.730. The molecular weight excluding hydrogens is 347 g/mol. The Morgan fingerprint density at radius 3 is 2.48 bits per heavy atom. The predicted octanol–water partition coefficient (Wildman–Crippen LogP) is 2.86. The topological polar surface area (TPSA) is 49.9 Å². The number of halogens is 1. The molecule has 0 atom stereocenters. The van der Waals surface area contributed by atoms with Crippen LogP contribution in [0.5, 0.6) is 0 Å². The third-order valence-electron chi connectivity index (χ3n) is 5.35. The number of ether oxygens (including phenoxy) is 1. The summed E-state index contributed by atoms with van der Waals surface area (Å²) in [6.45, 7) is 1.49. The fraction of sp³-hybridized carbons (Fsp3) is 0.333. The van der Waals surface area contributed by atoms with E-state index in [1.807, 2.05) is 35.2 Å². The van der Waals surface area contributed by atoms with E-state index < -0.39 is 5.60 Å². The zero-order valence-corrected chi connectivity index (χ0v) is 14.9. The fourth-order valence-corrected chi connectivity index (χ4v) is 3.78. The molecule has 2 amide bonds. The Kier molecular flexibility index (Phi) is 4.66. The highest BCUT2D eigenvalue weighted by molar-refractivity contribution is 5.95. The number of carbonyl (C=O) groups is 2. The molecule has 5 nitrogen and oxygen atoms in total. The van der Waals surface area contributed by atoms with Crippen molar-refractivity contribution in [2.24, 2.45) is 0 Å². The van der Waals surface area contributed by atoms with Crippen molar-refractivity contribution in [3.05, 3.63) is 66.0 Å². The van der Waals surface area contributed by atoms with Crippen LogP contribution in [0.25, 0.3) is 0 Å². The molecule has 140 valence electrons. The summed E-state index contributed by atoms with van der Waals surface area (Å²) < 4.78 is 19.5. The molecule has 2 aliphatic rings. The third-order valence-corrected chi connectivity index (χ3v) is 5.35. The smallest absolute Gasteiger partial charge is 0.253 e. The molecule has 0 bridgehead atoms. The summed E-state index contributed by atoms with van der Waals surface area (Å²) in [6, 6.07) is 15.3. The Balaban J connectivity index is 1.46. The van der Waals surface area contributed by atoms with Gasteiger partial charge in [-0.3, -0.25) is 9.59 Å². The highest BCUT2D eigenvalue weighted by Gasteiger charge is 2.43. The summed E-state index contributed by atoms with van der Waals surface area (Å²) in [7, 11) is 0. The van der Waals surface area contributed by atoms with Gasteiger partial charge in [0, 0.05) is 24.3 Å². The van der Waals surface area contributed by atoms with Crippen LogP contribution in [0, 0.1) is 5.82 Å². The van der Waals surface area contributed by atoms with Gasteiger partial charge in [-0.05, 0) is 43.2 Å². The molecule has 2 heterocycles. The van der Waals surface area contributed by atoms with Crippen LogP contribution in [0.15, 0.2) is 54.6 Å². The zero-order chi connectivity index (χ0) is 18.9. The number of hydrogen-bond acceptors (Lipinski definition) is 3. The summed E-state index contributed by atoms with van der Waals surface area (Å²) in [5, 5.41) is 0. The Hall–Kier alpha value is -2.73. The number of amides is 2. The normalized spacial score (nSPS) is 19.4. The minimum Gasteiger partial charge on any atom is -0.363 e. The number of benzene rings is 2. The highest BCUT2D eigenvalue weighted by atomic mass is 19.1. The van der Waals surface area contributed by atoms with Gasteiger partial charge in [-0.15, -0.1) is 0 Å². The first-order valence-electron chi connectivity index (χ1n) is 9.11. The van der Waals surface area contributed by atoms with Crippen molar-refractivity contribution >= 4 is 17.5 Å². The summed E-state index contributed by atoms with van der Waals surface area (Å²) in [6.07, 6.45) is 1.29. The van der Waals surface area contributed by atoms with E-state index in [4.69, 9.17) is 4.74 Å². The molecule has 4 rings (SSSR count). The molecule has 1 spiro atoms. The standard InChI is InChI=1S/C21H21FN2O3/c22-17-7-4-8-18(13-17)24-15-21(27-14-19(24)25)9-11-23(12-10-21)20(26)16-5-2-1-3-6-16/h1-8,13H,9-12,14-15H2. The van der Waals surface area contributed by atoms with Gasteiger partial charge in [0.05, 0.1) is 12.1 Å². The van der Waals surface area contributed by atoms with Crippen molar-refractivity contribution in [1.82, 2.24) is 4.90 Å². The first-order valence-corrected chi connectivity index (χ1v) is 9.11. The van der Waals surface area contributed by atoms with Crippen LogP contribution >= 0.6 is 0 Å². The van der Waals surface area contributed by atoms with Crippen molar-refractivity contribution in [1.29, 1.82) is 0 Å². The van der Waals surface area contributed by atoms with E-state index in [1.165, 1.54) is 12.1 Å². The van der Waals surface area contributed by atoms with Crippen LogP contribution in [-0.2, 0) is 9.53 Å². The Labute approximate surface area is 157 Å². The largest absolute Gasteiger partial charge is 0.363 e. The van der Waals surface area contributed by atoms with Gasteiger partial charge < -0.3 is 14.5 Å². The Bertz CT molecular complexity index is 848. The summed E-state index contributed by atoms with van der Waals surface area (Å²) in [4.78, 5) is 28.4. The molecule has 2 aromatic carbocycles. The lowest BCUT2D eigenvalue weighted by Crippen LogP contribution is -2.59. The number of rotatable bonds is 2. The molecule has 0 unspecified atom stereocenters. The van der Waals surface area contributed by atoms with Crippen LogP contribution in [0.2, 0.25) is 0 Å². The minimum absolute atomic E-state index is 0.0133. The Morgan fingerprint density at radius 2 is 1.78 bits per heavy atom. The van der Waals surface area contributed by atoms with E-state index in [0.29, 0.717) is 43.7 Å². The van der Waals surface area contributed by atoms with E-state index in [0.717, 1.165) is 0 Å². The van der Waals surface area contributed by atoms with Crippen LogP contribution in [0.1, 0.15) is 23.2 Å². The minimum atomic E-state index is -0.492. The molecule has 6 heteroatoms. The number of hydrogen-bond donors (Lipinski definition) is 0. The van der Waals surface area contributed by atoms with Crippen molar-refractivity contribution in [2.45, 2.75) is 18.4 Å². The second kappa shape index (κ2) is 7.12. The first-order chi connectivity index (χ1) is 13.1. The van der Waals surface area contributed by atoms with Gasteiger partial charge in [0.2, 0.25) is 0 Å². The second-order valence-electron chi connectivity index (χ2n) is 7.09. The number of piperidine rings is 1. The molecule has 2 fully saturated rings. The lowest BCUT2D eigenvalue weighted by molar-refractivity contribution is -0.143. The maximum atomic E-state index is 13.6. The van der Waals surface area contributed by atoms with Gasteiger partial charge in [-0.25, -0.2) is 4.39 Å². The molecule has 2 saturated heterocycles. The molecule has 0 aliphatic carbocycles. The van der Waals surface area contributed by atoms with Gasteiger partial charge in [0.25, 0.3) is 11.8 Å². The molecule has 0 aromatic heterocycles. The third kappa shape index (κ3) is 3.57. The summed E-state index contributed by atoms with van der Waals surface area (Å²) >= 11 is 0. The number of nitrogens with zero attached hydrogens (tertiary/aromatic N) is 2. The molecule has 0 N–H and O–H groups in total. The van der Waals surface area contributed by atoms with Gasteiger partial charge in [-0.1, -0.05) is 24.3 Å². The van der Waals surface area contributed by atoms with E-state index in [9.17, 15) is 14.0 Å². The number of likely N-dealkylation sites (tertiary alicyclic amines) is 1. The SMILES string of the molecule is O=C(c1ccccc1)N1CCC2(CC1)CN(c1cccc(F)c1)C(=O)CO2. The van der Waals surface area contributed by atoms with Crippen molar-refractivity contribution < 1.29 is 18.7 Å². The quantitative estimate of drug-likeness (QED) is 0.819. The average molecular weight is 368 g/mol. The molecule has 2 aliphatic heterocycles. The number of carbonyl (C=O) groups excluding carboxylic acids is 2. The predicted molar refractivity (Wildman–Crippen MR) is 99.0 cm³/mol. The Morgan fingerprint density at radius 1 is 1.04 bits per heavy atom. The van der Waals surface area contributed by atoms with Crippen LogP contribution < -0.4 is 4.90 Å². The van der Waals surface area contributed by atoms with Gasteiger partial charge in [0.15, 0.2) is 0 Å². The zero-order valence-electron chi connectivity index (χ0n) is 14.9. The number of morpholine rings is 1. The molecule has 2 aromatic rings. The van der Waals surface area contributed by atoms with Crippen molar-refractivity contribution in [3.63, 3.8) is 0 Å². The van der Waals surface area contributed by atoms with Gasteiger partial charge in [-0.2, -0.15) is 0 Å². The van der Waals surface area contributed by atoms with E-state index in [-0.39, 0.29) is 24.2 Å². The molecule has 27 heavy (non-hydrogen) atoms. The van der Waals surface area contributed by atoms with E-state index >= 15 is 0 Å². The maximum absolute atomic E-state index is 13.6. The molecular formula is C21H21FN2O3. The van der Waals surface area contributed by atoms with Crippen LogP contribution in [0.3, 0.4) is 0 Å². The highest BCUT2D eigenvalue weighted by Crippen LogP contribution is 2.33. The summed E-state index contributed by atoms with van der Waals surface area (Å²) in [5.74, 6) is -0.530. The lowest BCUT2D eigenvalue weighted by atomic mass is 9.88. The maximum Gasteiger partial charge on any atom is 0.253 e. The average Bonchev–Trinajstić information content (AvgIpc) is 2.71. The monoisotopic (exact) mass is 368 g/mol. The lowest BCUT2D eigenvalue weighted by Gasteiger charge is -2.47.